The summed E-state index contributed by atoms with van der Waals surface area (Å²) in [4.78, 5) is 37.0. The molecule has 262 valence electrons. The van der Waals surface area contributed by atoms with Gasteiger partial charge in [-0.1, -0.05) is 46.8 Å². The number of carbonyl (C=O) groups is 3. The number of aromatic nitrogens is 3. The summed E-state index contributed by atoms with van der Waals surface area (Å²) in [5.41, 5.74) is -0.121. The Kier molecular flexibility index (Phi) is 13.5. The lowest BCUT2D eigenvalue weighted by Gasteiger charge is -2.50. The van der Waals surface area contributed by atoms with E-state index in [0.29, 0.717) is 0 Å². The molecule has 3 rings (SSSR count). The van der Waals surface area contributed by atoms with Crippen molar-refractivity contribution in [3.8, 4) is 11.3 Å². The molecule has 0 N–H and O–H groups in total. The van der Waals surface area contributed by atoms with Gasteiger partial charge in [-0.15, -0.1) is 5.10 Å². The standard InChI is InChI=1S/C31H44F3N3O8SSi/c1-10-41-26(40)15-43-30-28(37-13-24(35-36-37)21-11-22(32)27(34)23(33)12-21)29(44-20(9)39)25(14-42-19(8)38)45-31(30)46-47(16(2)3,17(4)5)18(6)7/h11-13,16-18,25,28-31H,10,14-15H2,1-9H3/t25-,28+,29+,30-,31+/m1/s1. The molecule has 0 aliphatic carbocycles. The van der Waals surface area contributed by atoms with E-state index in [9.17, 15) is 27.6 Å². The van der Waals surface area contributed by atoms with Gasteiger partial charge in [-0.2, -0.15) is 11.2 Å². The number of hydrogen-bond acceptors (Lipinski definition) is 11. The second-order valence-electron chi connectivity index (χ2n) is 12.3. The summed E-state index contributed by atoms with van der Waals surface area (Å²) in [5, 5.41) is 8.29. The minimum Gasteiger partial charge on any atom is -0.464 e. The van der Waals surface area contributed by atoms with E-state index < -0.39 is 79.0 Å². The summed E-state index contributed by atoms with van der Waals surface area (Å²) >= 11 is 1.63. The maximum absolute atomic E-state index is 14.2. The van der Waals surface area contributed by atoms with Crippen molar-refractivity contribution < 1.29 is 51.2 Å². The zero-order valence-electron chi connectivity index (χ0n) is 28.1. The van der Waals surface area contributed by atoms with E-state index in [-0.39, 0.29) is 41.1 Å². The molecule has 0 unspecified atom stereocenters. The summed E-state index contributed by atoms with van der Waals surface area (Å²) in [6.45, 7) is 16.4. The molecular weight excluding hydrogens is 660 g/mol. The van der Waals surface area contributed by atoms with Crippen molar-refractivity contribution in [2.24, 2.45) is 0 Å². The fourth-order valence-electron chi connectivity index (χ4n) is 6.37. The highest BCUT2D eigenvalue weighted by atomic mass is 32.4. The van der Waals surface area contributed by atoms with Gasteiger partial charge in [0.1, 0.15) is 49.8 Å². The van der Waals surface area contributed by atoms with Gasteiger partial charge in [0.05, 0.1) is 12.8 Å². The number of halogens is 3. The first-order valence-corrected chi connectivity index (χ1v) is 19.3. The first kappa shape index (κ1) is 38.5. The van der Waals surface area contributed by atoms with E-state index in [2.05, 4.69) is 51.9 Å². The quantitative estimate of drug-likeness (QED) is 0.0998. The van der Waals surface area contributed by atoms with E-state index in [4.69, 9.17) is 23.7 Å². The molecule has 0 bridgehead atoms. The predicted octanol–water partition coefficient (Wildman–Crippen LogP) is 5.98. The summed E-state index contributed by atoms with van der Waals surface area (Å²) in [6.07, 6.45) is -1.89. The Labute approximate surface area is 277 Å². The van der Waals surface area contributed by atoms with Crippen molar-refractivity contribution in [1.82, 2.24) is 15.0 Å². The normalized spacial score (nSPS) is 21.7. The summed E-state index contributed by atoms with van der Waals surface area (Å²) in [5.74, 6) is -6.37. The number of hydrogen-bond donors (Lipinski definition) is 0. The van der Waals surface area contributed by atoms with Gasteiger partial charge in [0.25, 0.3) is 0 Å². The number of rotatable bonds is 14. The van der Waals surface area contributed by atoms with E-state index in [1.54, 1.807) is 18.1 Å². The second kappa shape index (κ2) is 16.4. The van der Waals surface area contributed by atoms with Crippen LogP contribution in [-0.2, 0) is 38.1 Å². The number of nitrogens with zero attached hydrogens (tertiary/aromatic N) is 3. The van der Waals surface area contributed by atoms with Crippen LogP contribution in [0.25, 0.3) is 11.3 Å². The lowest BCUT2D eigenvalue weighted by Crippen LogP contribution is -2.59. The van der Waals surface area contributed by atoms with Crippen LogP contribution in [0.4, 0.5) is 13.2 Å². The molecule has 1 saturated heterocycles. The molecule has 5 atom stereocenters. The highest BCUT2D eigenvalue weighted by Crippen LogP contribution is 2.53. The molecule has 0 radical (unpaired) electrons. The smallest absolute Gasteiger partial charge is 0.332 e. The van der Waals surface area contributed by atoms with Crippen LogP contribution in [0.3, 0.4) is 0 Å². The average Bonchev–Trinajstić information content (AvgIpc) is 3.46. The van der Waals surface area contributed by atoms with Gasteiger partial charge in [0, 0.05) is 19.4 Å². The summed E-state index contributed by atoms with van der Waals surface area (Å²) in [7, 11) is -2.34. The van der Waals surface area contributed by atoms with Crippen molar-refractivity contribution in [2.45, 2.75) is 109 Å². The fourth-order valence-corrected chi connectivity index (χ4v) is 16.4. The molecule has 2 aromatic rings. The fraction of sp³-hybridized carbons (Fsp3) is 0.645. The third-order valence-electron chi connectivity index (χ3n) is 8.19. The molecule has 1 aliphatic rings. The molecule has 1 aromatic heterocycles. The minimum atomic E-state index is -2.34. The summed E-state index contributed by atoms with van der Waals surface area (Å²) < 4.78 is 72.4. The minimum absolute atomic E-state index is 0.0176. The number of ether oxygens (including phenoxy) is 5. The molecule has 0 amide bonds. The predicted molar refractivity (Wildman–Crippen MR) is 170 cm³/mol. The number of carbonyl (C=O) groups excluding carboxylic acids is 3. The SMILES string of the molecule is CCOC(=O)CO[C@@H]1[C@@H](n2cc(-c3cc(F)c(F)c(F)c3)nn2)[C@@H](OC(C)=O)[C@@H](COC(C)=O)O[C@H]1S[Si](C(C)C)(C(C)C)C(C)C. The molecule has 47 heavy (non-hydrogen) atoms. The first-order valence-electron chi connectivity index (χ1n) is 15.5. The van der Waals surface area contributed by atoms with Crippen LogP contribution in [0.5, 0.6) is 0 Å². The molecule has 0 spiro atoms. The molecule has 1 fully saturated rings. The van der Waals surface area contributed by atoms with Crippen molar-refractivity contribution in [2.75, 3.05) is 19.8 Å². The zero-order chi connectivity index (χ0) is 35.2. The maximum atomic E-state index is 14.2. The Balaban J connectivity index is 2.25. The third kappa shape index (κ3) is 8.94. The molecule has 0 saturated carbocycles. The van der Waals surface area contributed by atoms with Gasteiger partial charge in [-0.3, -0.25) is 9.59 Å². The van der Waals surface area contributed by atoms with E-state index >= 15 is 0 Å². The van der Waals surface area contributed by atoms with Crippen LogP contribution < -0.4 is 0 Å². The molecule has 1 aromatic carbocycles. The highest BCUT2D eigenvalue weighted by Gasteiger charge is 2.55. The summed E-state index contributed by atoms with van der Waals surface area (Å²) in [6, 6.07) is 0.519. The highest BCUT2D eigenvalue weighted by molar-refractivity contribution is 8.29. The molecule has 11 nitrogen and oxygen atoms in total. The van der Waals surface area contributed by atoms with E-state index in [0.717, 1.165) is 12.1 Å². The first-order chi connectivity index (χ1) is 22.0. The monoisotopic (exact) mass is 703 g/mol. The van der Waals surface area contributed by atoms with Crippen molar-refractivity contribution in [3.05, 3.63) is 35.8 Å². The Morgan fingerprint density at radius 2 is 1.55 bits per heavy atom. The topological polar surface area (TPSA) is 128 Å². The Hall–Kier alpha value is -2.95. The van der Waals surface area contributed by atoms with Gasteiger partial charge >= 0.3 is 17.9 Å². The maximum Gasteiger partial charge on any atom is 0.332 e. The van der Waals surface area contributed by atoms with Crippen LogP contribution in [0, 0.1) is 17.5 Å². The Morgan fingerprint density at radius 3 is 2.06 bits per heavy atom. The van der Waals surface area contributed by atoms with E-state index in [1.165, 1.54) is 24.7 Å². The van der Waals surface area contributed by atoms with Crippen molar-refractivity contribution >= 4 is 36.3 Å². The van der Waals surface area contributed by atoms with Gasteiger partial charge in [0.2, 0.25) is 0 Å². The van der Waals surface area contributed by atoms with Crippen LogP contribution in [0.1, 0.15) is 68.4 Å². The van der Waals surface area contributed by atoms with E-state index in [1.807, 2.05) is 0 Å². The number of benzene rings is 1. The average molecular weight is 704 g/mol. The van der Waals surface area contributed by atoms with Gasteiger partial charge < -0.3 is 23.7 Å². The second-order valence-corrected chi connectivity index (χ2v) is 21.0. The van der Waals surface area contributed by atoms with Gasteiger partial charge in [-0.05, 0) is 35.7 Å². The largest absolute Gasteiger partial charge is 0.464 e. The molecule has 1 aliphatic heterocycles. The van der Waals surface area contributed by atoms with Crippen LogP contribution in [0.2, 0.25) is 16.6 Å². The third-order valence-corrected chi connectivity index (χ3v) is 20.8. The van der Waals surface area contributed by atoms with Crippen LogP contribution in [-0.4, -0.2) is 83.7 Å². The lowest BCUT2D eigenvalue weighted by molar-refractivity contribution is -0.214. The Bertz CT molecular complexity index is 1370. The number of esters is 3. The van der Waals surface area contributed by atoms with Gasteiger partial charge in [0.15, 0.2) is 23.6 Å². The lowest BCUT2D eigenvalue weighted by atomic mass is 9.96. The molecular formula is C31H44F3N3O8SSi. The Morgan fingerprint density at radius 1 is 0.957 bits per heavy atom. The van der Waals surface area contributed by atoms with Crippen molar-refractivity contribution in [1.29, 1.82) is 0 Å². The zero-order valence-corrected chi connectivity index (χ0v) is 29.9. The van der Waals surface area contributed by atoms with Crippen LogP contribution in [0.15, 0.2) is 18.3 Å². The van der Waals surface area contributed by atoms with Crippen LogP contribution >= 0.6 is 11.2 Å². The van der Waals surface area contributed by atoms with Gasteiger partial charge in [-0.25, -0.2) is 22.6 Å². The van der Waals surface area contributed by atoms with Crippen molar-refractivity contribution in [3.63, 3.8) is 0 Å². The molecule has 16 heteroatoms. The molecule has 2 heterocycles.